The first-order valence-electron chi connectivity index (χ1n) is 6.88. The highest BCUT2D eigenvalue weighted by atomic mass is 127. The Bertz CT molecular complexity index is 462. The summed E-state index contributed by atoms with van der Waals surface area (Å²) in [5.41, 5.74) is 6.60. The number of hydrogen-bond donors (Lipinski definition) is 2. The number of halogens is 2. The SMILES string of the molecule is CC(C)CCN=C(N)NC1CC1c1ccccc1F.I. The van der Waals surface area contributed by atoms with Gasteiger partial charge in [0.1, 0.15) is 5.82 Å². The number of aliphatic imine (C=N–C) groups is 1. The van der Waals surface area contributed by atoms with Crippen LogP contribution in [-0.4, -0.2) is 18.5 Å². The highest BCUT2D eigenvalue weighted by Crippen LogP contribution is 2.41. The Balaban J connectivity index is 0.00000200. The lowest BCUT2D eigenvalue weighted by atomic mass is 10.1. The van der Waals surface area contributed by atoms with Crippen molar-refractivity contribution in [3.63, 3.8) is 0 Å². The van der Waals surface area contributed by atoms with Crippen LogP contribution in [0, 0.1) is 11.7 Å². The maximum atomic E-state index is 13.6. The minimum Gasteiger partial charge on any atom is -0.370 e. The third kappa shape index (κ3) is 4.92. The molecule has 1 aromatic rings. The van der Waals surface area contributed by atoms with Crippen LogP contribution in [0.3, 0.4) is 0 Å². The number of guanidine groups is 1. The third-order valence-electron chi connectivity index (χ3n) is 3.42. The smallest absolute Gasteiger partial charge is 0.188 e. The predicted octanol–water partition coefficient (Wildman–Crippen LogP) is 3.25. The summed E-state index contributed by atoms with van der Waals surface area (Å²) in [6.45, 7) is 5.07. The van der Waals surface area contributed by atoms with Gasteiger partial charge in [0.05, 0.1) is 0 Å². The van der Waals surface area contributed by atoms with Crippen LogP contribution in [0.5, 0.6) is 0 Å². The molecule has 2 rings (SSSR count). The minimum absolute atomic E-state index is 0. The van der Waals surface area contributed by atoms with Crippen LogP contribution in [0.2, 0.25) is 0 Å². The highest BCUT2D eigenvalue weighted by Gasteiger charge is 2.40. The fourth-order valence-electron chi connectivity index (χ4n) is 2.15. The summed E-state index contributed by atoms with van der Waals surface area (Å²) in [4.78, 5) is 4.28. The van der Waals surface area contributed by atoms with E-state index >= 15 is 0 Å². The first kappa shape index (κ1) is 17.2. The van der Waals surface area contributed by atoms with Gasteiger partial charge < -0.3 is 11.1 Å². The van der Waals surface area contributed by atoms with Gasteiger partial charge in [0, 0.05) is 18.5 Å². The van der Waals surface area contributed by atoms with Crippen molar-refractivity contribution in [1.82, 2.24) is 5.32 Å². The van der Waals surface area contributed by atoms with Crippen LogP contribution >= 0.6 is 24.0 Å². The molecule has 1 saturated carbocycles. The normalized spacial score (nSPS) is 21.5. The van der Waals surface area contributed by atoms with Crippen molar-refractivity contribution in [2.45, 2.75) is 38.6 Å². The lowest BCUT2D eigenvalue weighted by Gasteiger charge is -2.06. The van der Waals surface area contributed by atoms with E-state index in [4.69, 9.17) is 5.73 Å². The van der Waals surface area contributed by atoms with Crippen LogP contribution in [0.25, 0.3) is 0 Å². The number of hydrogen-bond acceptors (Lipinski definition) is 1. The molecule has 2 unspecified atom stereocenters. The second kappa shape index (κ2) is 7.81. The van der Waals surface area contributed by atoms with Gasteiger partial charge >= 0.3 is 0 Å². The summed E-state index contributed by atoms with van der Waals surface area (Å²) < 4.78 is 13.6. The molecule has 20 heavy (non-hydrogen) atoms. The maximum Gasteiger partial charge on any atom is 0.188 e. The summed E-state index contributed by atoms with van der Waals surface area (Å²) in [5, 5.41) is 3.16. The van der Waals surface area contributed by atoms with Gasteiger partial charge in [-0.2, -0.15) is 0 Å². The molecule has 0 aliphatic heterocycles. The van der Waals surface area contributed by atoms with Gasteiger partial charge in [0.15, 0.2) is 5.96 Å². The molecule has 3 nitrogen and oxygen atoms in total. The van der Waals surface area contributed by atoms with Gasteiger partial charge in [0.2, 0.25) is 0 Å². The van der Waals surface area contributed by atoms with Crippen molar-refractivity contribution in [3.8, 4) is 0 Å². The fourth-order valence-corrected chi connectivity index (χ4v) is 2.15. The molecule has 2 atom stereocenters. The minimum atomic E-state index is -0.132. The Labute approximate surface area is 137 Å². The molecule has 1 aliphatic carbocycles. The van der Waals surface area contributed by atoms with Crippen LogP contribution in [-0.2, 0) is 0 Å². The summed E-state index contributed by atoms with van der Waals surface area (Å²) >= 11 is 0. The van der Waals surface area contributed by atoms with E-state index in [9.17, 15) is 4.39 Å². The van der Waals surface area contributed by atoms with Crippen LogP contribution in [0.15, 0.2) is 29.3 Å². The summed E-state index contributed by atoms with van der Waals surface area (Å²) in [5.74, 6) is 1.19. The van der Waals surface area contributed by atoms with E-state index in [1.165, 1.54) is 6.07 Å². The predicted molar refractivity (Wildman–Crippen MR) is 92.0 cm³/mol. The Morgan fingerprint density at radius 2 is 2.15 bits per heavy atom. The van der Waals surface area contributed by atoms with E-state index in [0.29, 0.717) is 11.9 Å². The Morgan fingerprint density at radius 3 is 2.80 bits per heavy atom. The fraction of sp³-hybridized carbons (Fsp3) is 0.533. The van der Waals surface area contributed by atoms with Crippen molar-refractivity contribution in [2.75, 3.05) is 6.54 Å². The van der Waals surface area contributed by atoms with Crippen molar-refractivity contribution in [1.29, 1.82) is 0 Å². The van der Waals surface area contributed by atoms with Crippen LogP contribution in [0.4, 0.5) is 4.39 Å². The topological polar surface area (TPSA) is 50.4 Å². The average molecular weight is 391 g/mol. The van der Waals surface area contributed by atoms with Crippen molar-refractivity contribution in [2.24, 2.45) is 16.6 Å². The van der Waals surface area contributed by atoms with E-state index in [-0.39, 0.29) is 41.8 Å². The molecule has 0 spiro atoms. The van der Waals surface area contributed by atoms with Gasteiger partial charge in [-0.25, -0.2) is 4.39 Å². The van der Waals surface area contributed by atoms with Gasteiger partial charge in [-0.3, -0.25) is 4.99 Å². The molecule has 0 amide bonds. The number of nitrogens with two attached hydrogens (primary N) is 1. The molecule has 112 valence electrons. The Kier molecular flexibility index (Phi) is 6.71. The zero-order valence-electron chi connectivity index (χ0n) is 12.0. The molecule has 0 saturated heterocycles. The van der Waals surface area contributed by atoms with Crippen molar-refractivity contribution < 1.29 is 4.39 Å². The molecule has 0 heterocycles. The number of nitrogens with one attached hydrogen (secondary N) is 1. The van der Waals surface area contributed by atoms with E-state index in [1.807, 2.05) is 12.1 Å². The van der Waals surface area contributed by atoms with E-state index in [0.717, 1.165) is 24.9 Å². The zero-order valence-corrected chi connectivity index (χ0v) is 14.3. The molecule has 0 bridgehead atoms. The molecule has 1 aromatic carbocycles. The van der Waals surface area contributed by atoms with Crippen LogP contribution in [0.1, 0.15) is 38.2 Å². The molecular formula is C15H23FIN3. The maximum absolute atomic E-state index is 13.6. The lowest BCUT2D eigenvalue weighted by molar-refractivity contribution is 0.595. The zero-order chi connectivity index (χ0) is 13.8. The highest BCUT2D eigenvalue weighted by molar-refractivity contribution is 14.0. The second-order valence-corrected chi connectivity index (χ2v) is 5.56. The first-order chi connectivity index (χ1) is 9.08. The molecule has 3 N–H and O–H groups in total. The largest absolute Gasteiger partial charge is 0.370 e. The third-order valence-corrected chi connectivity index (χ3v) is 3.42. The number of rotatable bonds is 5. The molecule has 1 fully saturated rings. The number of nitrogens with zero attached hydrogens (tertiary/aromatic N) is 1. The summed E-state index contributed by atoms with van der Waals surface area (Å²) in [7, 11) is 0. The summed E-state index contributed by atoms with van der Waals surface area (Å²) in [6, 6.07) is 7.15. The molecule has 1 aliphatic rings. The van der Waals surface area contributed by atoms with Gasteiger partial charge in [-0.1, -0.05) is 32.0 Å². The van der Waals surface area contributed by atoms with E-state index < -0.39 is 0 Å². The Hall–Kier alpha value is -0.850. The van der Waals surface area contributed by atoms with Crippen molar-refractivity contribution in [3.05, 3.63) is 35.6 Å². The van der Waals surface area contributed by atoms with Gasteiger partial charge in [-0.15, -0.1) is 24.0 Å². The molecular weight excluding hydrogens is 368 g/mol. The average Bonchev–Trinajstić information content (AvgIpc) is 3.08. The standard InChI is InChI=1S/C15H22FN3.HI/c1-10(2)7-8-18-15(17)19-14-9-12(14)11-5-3-4-6-13(11)16;/h3-6,10,12,14H,7-9H2,1-2H3,(H3,17,18,19);1H. The van der Waals surface area contributed by atoms with E-state index in [1.54, 1.807) is 6.07 Å². The lowest BCUT2D eigenvalue weighted by Crippen LogP contribution is -2.34. The van der Waals surface area contributed by atoms with Gasteiger partial charge in [-0.05, 0) is 30.4 Å². The molecule has 5 heteroatoms. The van der Waals surface area contributed by atoms with Gasteiger partial charge in [0.25, 0.3) is 0 Å². The molecule has 0 aromatic heterocycles. The monoisotopic (exact) mass is 391 g/mol. The van der Waals surface area contributed by atoms with E-state index in [2.05, 4.69) is 24.2 Å². The summed E-state index contributed by atoms with van der Waals surface area (Å²) in [6.07, 6.45) is 1.95. The first-order valence-corrected chi connectivity index (χ1v) is 6.88. The molecule has 0 radical (unpaired) electrons. The Morgan fingerprint density at radius 1 is 1.45 bits per heavy atom. The van der Waals surface area contributed by atoms with Crippen LogP contribution < -0.4 is 11.1 Å². The second-order valence-electron chi connectivity index (χ2n) is 5.56. The number of benzene rings is 1. The van der Waals surface area contributed by atoms with Crippen molar-refractivity contribution >= 4 is 29.9 Å². The quantitative estimate of drug-likeness (QED) is 0.460.